The molecule has 5 nitrogen and oxygen atoms in total. The Balaban J connectivity index is 1.49. The monoisotopic (exact) mass is 344 g/mol. The number of amides is 1. The summed E-state index contributed by atoms with van der Waals surface area (Å²) in [6.07, 6.45) is 7.04. The van der Waals surface area contributed by atoms with Gasteiger partial charge in [-0.25, -0.2) is 4.98 Å². The zero-order valence-electron chi connectivity index (χ0n) is 13.9. The summed E-state index contributed by atoms with van der Waals surface area (Å²) in [5.41, 5.74) is 0. The molecule has 1 amide bonds. The lowest BCUT2D eigenvalue weighted by atomic mass is 10.1. The van der Waals surface area contributed by atoms with Crippen LogP contribution in [0.4, 0.5) is 0 Å². The van der Waals surface area contributed by atoms with Crippen molar-refractivity contribution in [3.63, 3.8) is 0 Å². The maximum Gasteiger partial charge on any atom is 0.228 e. The number of nitrogens with zero attached hydrogens (tertiary/aromatic N) is 4. The fraction of sp³-hybridized carbons (Fsp3) is 0.556. The number of aromatic nitrogens is 2. The van der Waals surface area contributed by atoms with Crippen LogP contribution < -0.4 is 0 Å². The molecule has 4 rings (SSSR count). The highest BCUT2D eigenvalue weighted by atomic mass is 32.1. The minimum absolute atomic E-state index is 0.223. The molecule has 1 unspecified atom stereocenters. The van der Waals surface area contributed by atoms with E-state index in [0.717, 1.165) is 30.3 Å². The molecule has 2 aliphatic rings. The summed E-state index contributed by atoms with van der Waals surface area (Å²) in [7, 11) is 0. The highest BCUT2D eigenvalue weighted by molar-refractivity contribution is 7.10. The van der Waals surface area contributed by atoms with Crippen molar-refractivity contribution in [1.29, 1.82) is 0 Å². The summed E-state index contributed by atoms with van der Waals surface area (Å²) in [6, 6.07) is 4.06. The van der Waals surface area contributed by atoms with Crippen LogP contribution in [0.3, 0.4) is 0 Å². The highest BCUT2D eigenvalue weighted by Crippen LogP contribution is 2.20. The number of hydrogen-bond acceptors (Lipinski definition) is 4. The van der Waals surface area contributed by atoms with Gasteiger partial charge in [-0.3, -0.25) is 4.79 Å². The first-order chi connectivity index (χ1) is 11.8. The maximum absolute atomic E-state index is 12.8. The van der Waals surface area contributed by atoms with E-state index < -0.39 is 0 Å². The van der Waals surface area contributed by atoms with Gasteiger partial charge in [0.05, 0.1) is 13.0 Å². The Labute approximate surface area is 146 Å². The van der Waals surface area contributed by atoms with Crippen LogP contribution in [0.25, 0.3) is 0 Å². The van der Waals surface area contributed by atoms with Crippen molar-refractivity contribution in [3.05, 3.63) is 40.6 Å². The molecule has 2 aliphatic heterocycles. The third kappa shape index (κ3) is 3.54. The van der Waals surface area contributed by atoms with E-state index in [0.29, 0.717) is 18.9 Å². The van der Waals surface area contributed by atoms with Crippen molar-refractivity contribution >= 4 is 17.2 Å². The van der Waals surface area contributed by atoms with Crippen molar-refractivity contribution in [3.8, 4) is 0 Å². The Kier molecular flexibility index (Phi) is 4.67. The molecule has 2 aromatic rings. The van der Waals surface area contributed by atoms with Gasteiger partial charge in [0, 0.05) is 42.8 Å². The summed E-state index contributed by atoms with van der Waals surface area (Å²) in [4.78, 5) is 23.0. The lowest BCUT2D eigenvalue weighted by molar-refractivity contribution is -0.131. The van der Waals surface area contributed by atoms with Gasteiger partial charge < -0.3 is 14.4 Å². The summed E-state index contributed by atoms with van der Waals surface area (Å²) in [5, 5.41) is 2.04. The molecule has 0 saturated carbocycles. The first-order valence-electron chi connectivity index (χ1n) is 8.80. The van der Waals surface area contributed by atoms with Crippen LogP contribution in [-0.2, 0) is 24.3 Å². The molecule has 128 valence electrons. The van der Waals surface area contributed by atoms with E-state index in [1.165, 1.54) is 25.9 Å². The number of rotatable bonds is 4. The highest BCUT2D eigenvalue weighted by Gasteiger charge is 2.27. The molecule has 24 heavy (non-hydrogen) atoms. The molecule has 1 atom stereocenters. The SMILES string of the molecule is O=C(Cc1cccs1)N1Cc2nccn2CC(CN2CCCC2)C1. The van der Waals surface area contributed by atoms with Crippen LogP contribution >= 0.6 is 11.3 Å². The van der Waals surface area contributed by atoms with Crippen LogP contribution in [0.5, 0.6) is 0 Å². The molecule has 4 heterocycles. The summed E-state index contributed by atoms with van der Waals surface area (Å²) < 4.78 is 2.24. The van der Waals surface area contributed by atoms with E-state index in [4.69, 9.17) is 0 Å². The van der Waals surface area contributed by atoms with E-state index >= 15 is 0 Å². The van der Waals surface area contributed by atoms with Crippen LogP contribution in [0.15, 0.2) is 29.9 Å². The van der Waals surface area contributed by atoms with Crippen LogP contribution in [-0.4, -0.2) is 51.4 Å². The normalized spacial score (nSPS) is 21.7. The van der Waals surface area contributed by atoms with Crippen molar-refractivity contribution in [1.82, 2.24) is 19.4 Å². The molecular weight excluding hydrogens is 320 g/mol. The zero-order chi connectivity index (χ0) is 16.4. The molecule has 0 bridgehead atoms. The number of carbonyl (C=O) groups excluding carboxylic acids is 1. The van der Waals surface area contributed by atoms with Crippen molar-refractivity contribution in [2.45, 2.75) is 32.4 Å². The van der Waals surface area contributed by atoms with Gasteiger partial charge >= 0.3 is 0 Å². The van der Waals surface area contributed by atoms with Gasteiger partial charge in [0.2, 0.25) is 5.91 Å². The van der Waals surface area contributed by atoms with Gasteiger partial charge in [0.1, 0.15) is 5.82 Å². The molecule has 0 spiro atoms. The summed E-state index contributed by atoms with van der Waals surface area (Å²) in [5.74, 6) is 1.71. The number of fused-ring (bicyclic) bond motifs is 1. The first kappa shape index (κ1) is 15.8. The van der Waals surface area contributed by atoms with E-state index in [1.807, 2.05) is 28.6 Å². The molecular formula is C18H24N4OS. The number of likely N-dealkylation sites (tertiary alicyclic amines) is 1. The van der Waals surface area contributed by atoms with E-state index in [1.54, 1.807) is 11.3 Å². The Morgan fingerprint density at radius 3 is 2.96 bits per heavy atom. The topological polar surface area (TPSA) is 41.4 Å². The Hall–Kier alpha value is -1.66. The molecule has 6 heteroatoms. The number of imidazole rings is 1. The summed E-state index contributed by atoms with van der Waals surface area (Å²) in [6.45, 7) is 5.93. The molecule has 0 radical (unpaired) electrons. The molecule has 0 aliphatic carbocycles. The Morgan fingerprint density at radius 2 is 2.17 bits per heavy atom. The molecule has 2 aromatic heterocycles. The fourth-order valence-corrected chi connectivity index (χ4v) is 4.55. The van der Waals surface area contributed by atoms with Crippen LogP contribution in [0.1, 0.15) is 23.5 Å². The smallest absolute Gasteiger partial charge is 0.228 e. The second-order valence-corrected chi connectivity index (χ2v) is 7.93. The van der Waals surface area contributed by atoms with Gasteiger partial charge in [0.15, 0.2) is 0 Å². The third-order valence-electron chi connectivity index (χ3n) is 5.04. The number of hydrogen-bond donors (Lipinski definition) is 0. The second kappa shape index (κ2) is 7.07. The first-order valence-corrected chi connectivity index (χ1v) is 9.68. The molecule has 0 aromatic carbocycles. The zero-order valence-corrected chi connectivity index (χ0v) is 14.7. The summed E-state index contributed by atoms with van der Waals surface area (Å²) >= 11 is 1.66. The largest absolute Gasteiger partial charge is 0.335 e. The van der Waals surface area contributed by atoms with Gasteiger partial charge in [-0.15, -0.1) is 11.3 Å². The lowest BCUT2D eigenvalue weighted by Crippen LogP contribution is -2.39. The van der Waals surface area contributed by atoms with Crippen molar-refractivity contribution in [2.24, 2.45) is 5.92 Å². The lowest BCUT2D eigenvalue weighted by Gasteiger charge is -2.27. The standard InChI is InChI=1S/C18H24N4OS/c23-18(10-16-4-3-9-24-16)22-13-15(11-20-6-1-2-7-20)12-21-8-5-19-17(21)14-22/h3-5,8-9,15H,1-2,6-7,10-14H2. The van der Waals surface area contributed by atoms with E-state index in [9.17, 15) is 4.79 Å². The van der Waals surface area contributed by atoms with Crippen LogP contribution in [0.2, 0.25) is 0 Å². The van der Waals surface area contributed by atoms with Crippen molar-refractivity contribution in [2.75, 3.05) is 26.2 Å². The molecule has 1 fully saturated rings. The predicted molar refractivity (Wildman–Crippen MR) is 94.8 cm³/mol. The Bertz CT molecular complexity index is 675. The van der Waals surface area contributed by atoms with Gasteiger partial charge in [-0.05, 0) is 37.4 Å². The van der Waals surface area contributed by atoms with E-state index in [-0.39, 0.29) is 5.91 Å². The van der Waals surface area contributed by atoms with Gasteiger partial charge in [0.25, 0.3) is 0 Å². The molecule has 0 N–H and O–H groups in total. The van der Waals surface area contributed by atoms with Gasteiger partial charge in [-0.1, -0.05) is 6.07 Å². The quantitative estimate of drug-likeness (QED) is 0.854. The second-order valence-electron chi connectivity index (χ2n) is 6.90. The maximum atomic E-state index is 12.8. The Morgan fingerprint density at radius 1 is 1.29 bits per heavy atom. The average Bonchev–Trinajstić information content (AvgIpc) is 3.30. The minimum Gasteiger partial charge on any atom is -0.335 e. The van der Waals surface area contributed by atoms with Crippen LogP contribution in [0, 0.1) is 5.92 Å². The fourth-order valence-electron chi connectivity index (χ4n) is 3.85. The van der Waals surface area contributed by atoms with E-state index in [2.05, 4.69) is 20.6 Å². The van der Waals surface area contributed by atoms with Crippen molar-refractivity contribution < 1.29 is 4.79 Å². The van der Waals surface area contributed by atoms with Gasteiger partial charge in [-0.2, -0.15) is 0 Å². The average molecular weight is 344 g/mol. The minimum atomic E-state index is 0.223. The third-order valence-corrected chi connectivity index (χ3v) is 5.92. The number of thiophene rings is 1. The predicted octanol–water partition coefficient (Wildman–Crippen LogP) is 2.24. The number of carbonyl (C=O) groups is 1. The molecule has 1 saturated heterocycles.